The van der Waals surface area contributed by atoms with Crippen molar-refractivity contribution in [2.24, 2.45) is 0 Å². The number of fused-ring (bicyclic) bond motifs is 2. The number of hydrogen-bond donors (Lipinski definition) is 1. The largest absolute Gasteiger partial charge is 0.344 e. The van der Waals surface area contributed by atoms with Gasteiger partial charge in [-0.3, -0.25) is 4.98 Å². The number of aryl methyl sites for hydroxylation is 3. The number of aromatic amines is 1. The van der Waals surface area contributed by atoms with Gasteiger partial charge in [0.2, 0.25) is 0 Å². The molecule has 1 aliphatic carbocycles. The van der Waals surface area contributed by atoms with Crippen LogP contribution in [0.5, 0.6) is 0 Å². The lowest BCUT2D eigenvalue weighted by Gasteiger charge is -2.04. The van der Waals surface area contributed by atoms with Gasteiger partial charge in [-0.05, 0) is 54.7 Å². The van der Waals surface area contributed by atoms with Gasteiger partial charge in [0.05, 0.1) is 5.69 Å². The predicted octanol–water partition coefficient (Wildman–Crippen LogP) is 3.62. The van der Waals surface area contributed by atoms with Crippen LogP contribution in [0, 0.1) is 6.92 Å². The summed E-state index contributed by atoms with van der Waals surface area (Å²) in [5, 5.41) is 1.19. The smallest absolute Gasteiger partial charge is 0.137 e. The van der Waals surface area contributed by atoms with Gasteiger partial charge in [0.25, 0.3) is 0 Å². The van der Waals surface area contributed by atoms with Crippen LogP contribution >= 0.6 is 0 Å². The summed E-state index contributed by atoms with van der Waals surface area (Å²) in [4.78, 5) is 12.3. The van der Waals surface area contributed by atoms with Crippen molar-refractivity contribution in [3.8, 4) is 0 Å². The predicted molar refractivity (Wildman–Crippen MR) is 85.2 cm³/mol. The summed E-state index contributed by atoms with van der Waals surface area (Å²) >= 11 is 0. The fraction of sp³-hybridized carbons (Fsp3) is 0.222. The summed E-state index contributed by atoms with van der Waals surface area (Å²) in [5.41, 5.74) is 7.18. The van der Waals surface area contributed by atoms with Crippen molar-refractivity contribution in [1.29, 1.82) is 0 Å². The molecular formula is C18H17N3. The number of hydrogen-bond acceptors (Lipinski definition) is 2. The highest BCUT2D eigenvalue weighted by molar-refractivity contribution is 5.76. The molecule has 3 nitrogen and oxygen atoms in total. The molecule has 1 N–H and O–H groups in total. The SMILES string of the molecule is Cc1cc2cc(CCc3cnc4c(c3)C=CC4)cnc2[nH]1. The van der Waals surface area contributed by atoms with Crippen molar-refractivity contribution in [3.63, 3.8) is 0 Å². The Labute approximate surface area is 123 Å². The number of aromatic nitrogens is 3. The van der Waals surface area contributed by atoms with Gasteiger partial charge in [-0.25, -0.2) is 4.98 Å². The van der Waals surface area contributed by atoms with Crippen LogP contribution in [0.25, 0.3) is 17.1 Å². The Balaban J connectivity index is 1.53. The Morgan fingerprint density at radius 3 is 2.76 bits per heavy atom. The molecule has 3 heteroatoms. The summed E-state index contributed by atoms with van der Waals surface area (Å²) in [5.74, 6) is 0. The van der Waals surface area contributed by atoms with Gasteiger partial charge in [0.1, 0.15) is 5.65 Å². The van der Waals surface area contributed by atoms with Crippen molar-refractivity contribution in [2.45, 2.75) is 26.2 Å². The molecule has 0 bridgehead atoms. The lowest BCUT2D eigenvalue weighted by molar-refractivity contribution is 0.937. The van der Waals surface area contributed by atoms with E-state index >= 15 is 0 Å². The van der Waals surface area contributed by atoms with E-state index in [1.54, 1.807) is 0 Å². The third kappa shape index (κ3) is 2.35. The second-order valence-corrected chi connectivity index (χ2v) is 5.72. The maximum absolute atomic E-state index is 4.54. The number of nitrogens with one attached hydrogen (secondary N) is 1. The molecule has 0 atom stereocenters. The van der Waals surface area contributed by atoms with E-state index in [0.29, 0.717) is 0 Å². The molecule has 0 fully saturated rings. The molecular weight excluding hydrogens is 258 g/mol. The van der Waals surface area contributed by atoms with Crippen LogP contribution in [0.3, 0.4) is 0 Å². The van der Waals surface area contributed by atoms with E-state index in [2.05, 4.69) is 52.2 Å². The van der Waals surface area contributed by atoms with Crippen LogP contribution < -0.4 is 0 Å². The third-order valence-electron chi connectivity index (χ3n) is 4.03. The zero-order chi connectivity index (χ0) is 14.2. The fourth-order valence-electron chi connectivity index (χ4n) is 2.93. The van der Waals surface area contributed by atoms with E-state index in [0.717, 1.165) is 30.6 Å². The van der Waals surface area contributed by atoms with Crippen LogP contribution in [0.15, 0.2) is 36.7 Å². The maximum Gasteiger partial charge on any atom is 0.137 e. The summed E-state index contributed by atoms with van der Waals surface area (Å²) < 4.78 is 0. The fourth-order valence-corrected chi connectivity index (χ4v) is 2.93. The molecule has 0 aromatic carbocycles. The van der Waals surface area contributed by atoms with Crippen LogP contribution in [0.2, 0.25) is 0 Å². The van der Waals surface area contributed by atoms with E-state index in [4.69, 9.17) is 0 Å². The van der Waals surface area contributed by atoms with E-state index in [1.807, 2.05) is 12.4 Å². The minimum atomic E-state index is 0.973. The lowest BCUT2D eigenvalue weighted by atomic mass is 10.0. The molecule has 0 radical (unpaired) electrons. The van der Waals surface area contributed by atoms with E-state index in [-0.39, 0.29) is 0 Å². The Bertz CT molecular complexity index is 843. The maximum atomic E-state index is 4.54. The van der Waals surface area contributed by atoms with E-state index in [1.165, 1.54) is 27.8 Å². The van der Waals surface area contributed by atoms with Crippen molar-refractivity contribution in [1.82, 2.24) is 15.0 Å². The van der Waals surface area contributed by atoms with Crippen LogP contribution in [0.1, 0.15) is 28.1 Å². The minimum absolute atomic E-state index is 0.973. The van der Waals surface area contributed by atoms with E-state index < -0.39 is 0 Å². The number of rotatable bonds is 3. The van der Waals surface area contributed by atoms with Gasteiger partial charge in [-0.2, -0.15) is 0 Å². The molecule has 0 spiro atoms. The zero-order valence-electron chi connectivity index (χ0n) is 12.1. The third-order valence-corrected chi connectivity index (χ3v) is 4.03. The average molecular weight is 275 g/mol. The summed E-state index contributed by atoms with van der Waals surface area (Å²) in [6.07, 6.45) is 11.3. The van der Waals surface area contributed by atoms with Gasteiger partial charge < -0.3 is 4.98 Å². The normalized spacial score (nSPS) is 13.0. The second kappa shape index (κ2) is 4.85. The Kier molecular flexibility index (Phi) is 2.85. The number of nitrogens with zero attached hydrogens (tertiary/aromatic N) is 2. The molecule has 3 aromatic heterocycles. The summed E-state index contributed by atoms with van der Waals surface area (Å²) in [7, 11) is 0. The molecule has 0 amide bonds. The second-order valence-electron chi connectivity index (χ2n) is 5.72. The average Bonchev–Trinajstić information content (AvgIpc) is 3.08. The molecule has 1 aliphatic rings. The molecule has 4 rings (SSSR count). The number of allylic oxidation sites excluding steroid dienone is 1. The molecule has 0 saturated heterocycles. The molecule has 104 valence electrons. The van der Waals surface area contributed by atoms with E-state index in [9.17, 15) is 0 Å². The molecule has 0 unspecified atom stereocenters. The minimum Gasteiger partial charge on any atom is -0.344 e. The first kappa shape index (κ1) is 12.3. The molecule has 0 aliphatic heterocycles. The standard InChI is InChI=1S/C18H17N3/c1-12-7-16-9-14(11-20-18(16)21-12)6-5-13-8-15-3-2-4-17(15)19-10-13/h2-3,7-11H,4-6H2,1H3,(H,20,21). The Morgan fingerprint density at radius 2 is 1.86 bits per heavy atom. The molecule has 21 heavy (non-hydrogen) atoms. The van der Waals surface area contributed by atoms with Crippen molar-refractivity contribution in [2.75, 3.05) is 0 Å². The Morgan fingerprint density at radius 1 is 1.05 bits per heavy atom. The zero-order valence-corrected chi connectivity index (χ0v) is 12.1. The lowest BCUT2D eigenvalue weighted by Crippen LogP contribution is -1.96. The molecule has 3 aromatic rings. The first-order valence-corrected chi connectivity index (χ1v) is 7.36. The van der Waals surface area contributed by atoms with Gasteiger partial charge in [-0.1, -0.05) is 12.2 Å². The van der Waals surface area contributed by atoms with Crippen molar-refractivity contribution in [3.05, 3.63) is 64.7 Å². The topological polar surface area (TPSA) is 41.6 Å². The van der Waals surface area contributed by atoms with Crippen molar-refractivity contribution < 1.29 is 0 Å². The van der Waals surface area contributed by atoms with Gasteiger partial charge >= 0.3 is 0 Å². The van der Waals surface area contributed by atoms with Crippen molar-refractivity contribution >= 4 is 17.1 Å². The molecule has 3 heterocycles. The van der Waals surface area contributed by atoms with Crippen LogP contribution in [-0.4, -0.2) is 15.0 Å². The summed E-state index contributed by atoms with van der Waals surface area (Å²) in [6, 6.07) is 6.64. The highest BCUT2D eigenvalue weighted by Gasteiger charge is 2.07. The van der Waals surface area contributed by atoms with Crippen LogP contribution in [0.4, 0.5) is 0 Å². The monoisotopic (exact) mass is 275 g/mol. The highest BCUT2D eigenvalue weighted by atomic mass is 14.8. The van der Waals surface area contributed by atoms with Crippen LogP contribution in [-0.2, 0) is 19.3 Å². The number of H-pyrrole nitrogens is 1. The first-order valence-electron chi connectivity index (χ1n) is 7.36. The van der Waals surface area contributed by atoms with Gasteiger partial charge in [0, 0.05) is 29.9 Å². The van der Waals surface area contributed by atoms with Gasteiger partial charge in [-0.15, -0.1) is 0 Å². The first-order chi connectivity index (χ1) is 10.3. The summed E-state index contributed by atoms with van der Waals surface area (Å²) in [6.45, 7) is 2.06. The molecule has 0 saturated carbocycles. The Hall–Kier alpha value is -2.42. The highest BCUT2D eigenvalue weighted by Crippen LogP contribution is 2.20. The number of pyridine rings is 2. The quantitative estimate of drug-likeness (QED) is 0.793. The van der Waals surface area contributed by atoms with Gasteiger partial charge in [0.15, 0.2) is 0 Å².